The van der Waals surface area contributed by atoms with E-state index >= 15 is 0 Å². The average molecular weight is 198 g/mol. The molecule has 0 saturated carbocycles. The van der Waals surface area contributed by atoms with Crippen LogP contribution in [0.5, 0.6) is 0 Å². The van der Waals surface area contributed by atoms with Crippen LogP contribution in [0.1, 0.15) is 6.92 Å². The lowest BCUT2D eigenvalue weighted by Gasteiger charge is -1.99. The highest BCUT2D eigenvalue weighted by Gasteiger charge is 2.38. The van der Waals surface area contributed by atoms with E-state index in [4.69, 9.17) is 5.26 Å². The molecule has 6 heteroatoms. The monoisotopic (exact) mass is 198 g/mol. The summed E-state index contributed by atoms with van der Waals surface area (Å²) in [7, 11) is 3.75. The molecule has 78 valence electrons. The summed E-state index contributed by atoms with van der Waals surface area (Å²) >= 11 is 0. The van der Waals surface area contributed by atoms with Crippen molar-refractivity contribution in [1.82, 2.24) is 15.5 Å². The Kier molecular flexibility index (Phi) is 5.26. The minimum atomic E-state index is -0.482. The number of carbonyl (C=O) groups is 2. The lowest BCUT2D eigenvalue weighted by atomic mass is 10.5. The number of imide groups is 1. The molecule has 1 aliphatic heterocycles. The summed E-state index contributed by atoms with van der Waals surface area (Å²) in [5.74, 6) is -0.404. The van der Waals surface area contributed by atoms with Gasteiger partial charge < -0.3 is 10.2 Å². The van der Waals surface area contributed by atoms with Crippen LogP contribution >= 0.6 is 0 Å². The molecule has 0 aromatic carbocycles. The molecule has 0 aromatic rings. The Labute approximate surface area is 82.9 Å². The van der Waals surface area contributed by atoms with Crippen LogP contribution in [-0.2, 0) is 4.79 Å². The molecular formula is C8H14N4O2. The summed E-state index contributed by atoms with van der Waals surface area (Å²) in [5, 5.41) is 13.1. The summed E-state index contributed by atoms with van der Waals surface area (Å²) in [6.07, 6.45) is 0. The van der Waals surface area contributed by atoms with Crippen LogP contribution in [0.2, 0.25) is 0 Å². The first-order valence-corrected chi connectivity index (χ1v) is 4.13. The molecule has 2 N–H and O–H groups in total. The van der Waals surface area contributed by atoms with E-state index in [1.165, 1.54) is 11.8 Å². The van der Waals surface area contributed by atoms with Crippen molar-refractivity contribution in [2.75, 3.05) is 20.6 Å². The number of amides is 3. The molecule has 0 bridgehead atoms. The zero-order valence-corrected chi connectivity index (χ0v) is 8.50. The zero-order chi connectivity index (χ0) is 11.1. The van der Waals surface area contributed by atoms with Gasteiger partial charge in [-0.15, -0.1) is 0 Å². The van der Waals surface area contributed by atoms with E-state index in [1.54, 1.807) is 0 Å². The smallest absolute Gasteiger partial charge is 0.323 e. The lowest BCUT2D eigenvalue weighted by Crippen LogP contribution is -2.32. The number of hydrogen-bond acceptors (Lipinski definition) is 4. The fraction of sp³-hybridized carbons (Fsp3) is 0.625. The van der Waals surface area contributed by atoms with Crippen LogP contribution < -0.4 is 10.6 Å². The summed E-state index contributed by atoms with van der Waals surface area (Å²) in [6.45, 7) is 1.68. The van der Waals surface area contributed by atoms with Gasteiger partial charge >= 0.3 is 6.03 Å². The maximum atomic E-state index is 10.8. The Morgan fingerprint density at radius 3 is 2.29 bits per heavy atom. The highest BCUT2D eigenvalue weighted by Crippen LogP contribution is 2.14. The van der Waals surface area contributed by atoms with Gasteiger partial charge in [0.05, 0.1) is 12.6 Å². The van der Waals surface area contributed by atoms with E-state index < -0.39 is 11.9 Å². The maximum absolute atomic E-state index is 10.8. The molecule has 1 rings (SSSR count). The molecule has 1 atom stereocenters. The van der Waals surface area contributed by atoms with Crippen molar-refractivity contribution < 1.29 is 9.59 Å². The third kappa shape index (κ3) is 4.42. The average Bonchev–Trinajstić information content (AvgIpc) is 2.82. The SMILES string of the molecule is CC(=O)NC(=O)N1CC1C#N.CNC. The Morgan fingerprint density at radius 2 is 2.00 bits per heavy atom. The maximum Gasteiger partial charge on any atom is 0.325 e. The summed E-state index contributed by atoms with van der Waals surface area (Å²) < 4.78 is 0. The number of rotatable bonds is 0. The van der Waals surface area contributed by atoms with Crippen LogP contribution in [0.25, 0.3) is 0 Å². The van der Waals surface area contributed by atoms with E-state index in [-0.39, 0.29) is 6.04 Å². The van der Waals surface area contributed by atoms with Crippen molar-refractivity contribution in [2.24, 2.45) is 0 Å². The Hall–Kier alpha value is -1.61. The Morgan fingerprint density at radius 1 is 1.50 bits per heavy atom. The topological polar surface area (TPSA) is 85.0 Å². The van der Waals surface area contributed by atoms with E-state index in [2.05, 4.69) is 10.6 Å². The van der Waals surface area contributed by atoms with Crippen molar-refractivity contribution in [3.05, 3.63) is 0 Å². The molecular weight excluding hydrogens is 184 g/mol. The zero-order valence-electron chi connectivity index (χ0n) is 8.50. The van der Waals surface area contributed by atoms with Gasteiger partial charge in [0, 0.05) is 6.92 Å². The highest BCUT2D eigenvalue weighted by molar-refractivity contribution is 5.94. The molecule has 6 nitrogen and oxygen atoms in total. The second-order valence-electron chi connectivity index (χ2n) is 2.78. The van der Waals surface area contributed by atoms with Gasteiger partial charge in [-0.05, 0) is 14.1 Å². The van der Waals surface area contributed by atoms with E-state index in [1.807, 2.05) is 20.2 Å². The second-order valence-corrected chi connectivity index (χ2v) is 2.78. The van der Waals surface area contributed by atoms with Gasteiger partial charge in [-0.3, -0.25) is 10.1 Å². The van der Waals surface area contributed by atoms with Crippen LogP contribution in [0, 0.1) is 11.3 Å². The van der Waals surface area contributed by atoms with E-state index in [0.29, 0.717) is 6.54 Å². The number of hydrogen-bond donors (Lipinski definition) is 2. The predicted molar refractivity (Wildman–Crippen MR) is 50.3 cm³/mol. The third-order valence-electron chi connectivity index (χ3n) is 1.31. The van der Waals surface area contributed by atoms with Gasteiger partial charge in [0.15, 0.2) is 0 Å². The van der Waals surface area contributed by atoms with E-state index in [9.17, 15) is 9.59 Å². The first-order chi connectivity index (χ1) is 6.56. The standard InChI is InChI=1S/C6H7N3O2.C2H7N/c1-4(10)8-6(11)9-3-5(9)2-7;1-3-2/h5H,3H2,1H3,(H,8,10,11);3H,1-2H3. The quantitative estimate of drug-likeness (QED) is 0.503. The first kappa shape index (κ1) is 12.4. The molecule has 1 fully saturated rings. The van der Waals surface area contributed by atoms with Gasteiger partial charge in [-0.25, -0.2) is 4.79 Å². The third-order valence-corrected chi connectivity index (χ3v) is 1.31. The summed E-state index contributed by atoms with van der Waals surface area (Å²) in [4.78, 5) is 22.4. The van der Waals surface area contributed by atoms with Crippen LogP contribution in [0.15, 0.2) is 0 Å². The van der Waals surface area contributed by atoms with Crippen LogP contribution in [0.4, 0.5) is 4.79 Å². The van der Waals surface area contributed by atoms with Crippen molar-refractivity contribution in [1.29, 1.82) is 5.26 Å². The number of nitrogens with zero attached hydrogens (tertiary/aromatic N) is 2. The molecule has 1 unspecified atom stereocenters. The van der Waals surface area contributed by atoms with E-state index in [0.717, 1.165) is 0 Å². The molecule has 0 spiro atoms. The van der Waals surface area contributed by atoms with Crippen molar-refractivity contribution in [3.63, 3.8) is 0 Å². The fourth-order valence-corrected chi connectivity index (χ4v) is 0.697. The molecule has 0 aromatic heterocycles. The molecule has 1 aliphatic rings. The van der Waals surface area contributed by atoms with Gasteiger partial charge in [0.1, 0.15) is 6.04 Å². The number of carbonyl (C=O) groups excluding carboxylic acids is 2. The fourth-order valence-electron chi connectivity index (χ4n) is 0.697. The normalized spacial score (nSPS) is 17.3. The van der Waals surface area contributed by atoms with Crippen molar-refractivity contribution in [3.8, 4) is 6.07 Å². The minimum absolute atomic E-state index is 0.339. The molecule has 0 radical (unpaired) electrons. The number of urea groups is 1. The molecule has 3 amide bonds. The van der Waals surface area contributed by atoms with Gasteiger partial charge in [0.25, 0.3) is 0 Å². The van der Waals surface area contributed by atoms with Crippen LogP contribution in [0.3, 0.4) is 0 Å². The Bertz CT molecular complexity index is 259. The highest BCUT2D eigenvalue weighted by atomic mass is 16.2. The molecule has 1 heterocycles. The molecule has 14 heavy (non-hydrogen) atoms. The van der Waals surface area contributed by atoms with Gasteiger partial charge in [-0.1, -0.05) is 0 Å². The summed E-state index contributed by atoms with van der Waals surface area (Å²) in [6, 6.07) is 1.08. The van der Waals surface area contributed by atoms with Crippen molar-refractivity contribution in [2.45, 2.75) is 13.0 Å². The lowest BCUT2D eigenvalue weighted by molar-refractivity contribution is -0.118. The molecule has 1 saturated heterocycles. The predicted octanol–water partition coefficient (Wildman–Crippen LogP) is -0.714. The Balaban J connectivity index is 0.000000500. The minimum Gasteiger partial charge on any atom is -0.323 e. The van der Waals surface area contributed by atoms with Crippen molar-refractivity contribution >= 4 is 11.9 Å². The molecule has 0 aliphatic carbocycles. The number of nitriles is 1. The van der Waals surface area contributed by atoms with Crippen LogP contribution in [-0.4, -0.2) is 43.5 Å². The number of nitrogens with one attached hydrogen (secondary N) is 2. The van der Waals surface area contributed by atoms with Gasteiger partial charge in [0.2, 0.25) is 5.91 Å². The second kappa shape index (κ2) is 5.94. The largest absolute Gasteiger partial charge is 0.325 e. The first-order valence-electron chi connectivity index (χ1n) is 4.13. The van der Waals surface area contributed by atoms with Gasteiger partial charge in [-0.2, -0.15) is 5.26 Å². The summed E-state index contributed by atoms with van der Waals surface area (Å²) in [5.41, 5.74) is 0.